The number of ether oxygens (including phenoxy) is 1. The van der Waals surface area contributed by atoms with E-state index in [0.717, 1.165) is 12.0 Å². The maximum atomic E-state index is 9.31. The first-order valence-corrected chi connectivity index (χ1v) is 5.77. The Morgan fingerprint density at radius 2 is 1.76 bits per heavy atom. The van der Waals surface area contributed by atoms with Crippen LogP contribution in [0, 0.1) is 0 Å². The quantitative estimate of drug-likeness (QED) is 0.867. The molecule has 2 aromatic carbocycles. The summed E-state index contributed by atoms with van der Waals surface area (Å²) in [7, 11) is 0. The van der Waals surface area contributed by atoms with Crippen LogP contribution in [0.1, 0.15) is 18.1 Å². The minimum absolute atomic E-state index is 0.227. The normalized spacial score (nSPS) is 10.2. The molecule has 88 valence electrons. The molecule has 0 saturated heterocycles. The van der Waals surface area contributed by atoms with Crippen molar-refractivity contribution >= 4 is 0 Å². The fraction of sp³-hybridized carbons (Fsp3) is 0.200. The first-order valence-electron chi connectivity index (χ1n) is 5.77. The molecule has 0 heterocycles. The van der Waals surface area contributed by atoms with Gasteiger partial charge < -0.3 is 9.84 Å². The third-order valence-electron chi connectivity index (χ3n) is 2.62. The monoisotopic (exact) mass is 228 g/mol. The molecule has 0 spiro atoms. The molecule has 2 nitrogen and oxygen atoms in total. The first-order chi connectivity index (χ1) is 8.28. The molecule has 0 aliphatic carbocycles. The maximum Gasteiger partial charge on any atom is 0.123 e. The van der Waals surface area contributed by atoms with Gasteiger partial charge in [0.2, 0.25) is 0 Å². The highest BCUT2D eigenvalue weighted by Crippen LogP contribution is 2.19. The molecule has 0 amide bonds. The molecule has 0 aliphatic rings. The Morgan fingerprint density at radius 3 is 2.53 bits per heavy atom. The molecule has 1 N–H and O–H groups in total. The standard InChI is InChI=1S/C15H16O2/c1-2-12-5-3-6-13(9-12)11-17-15-8-4-7-14(16)10-15/h3-10,16H,2,11H2,1H3. The minimum Gasteiger partial charge on any atom is -0.508 e. The van der Waals surface area contributed by atoms with Gasteiger partial charge in [0.25, 0.3) is 0 Å². The molecule has 0 bridgehead atoms. The number of aromatic hydroxyl groups is 1. The molecule has 2 rings (SSSR count). The van der Waals surface area contributed by atoms with E-state index in [9.17, 15) is 5.11 Å². The lowest BCUT2D eigenvalue weighted by Gasteiger charge is -2.07. The van der Waals surface area contributed by atoms with Crippen molar-refractivity contribution < 1.29 is 9.84 Å². The van der Waals surface area contributed by atoms with Gasteiger partial charge in [-0.1, -0.05) is 37.3 Å². The molecule has 0 saturated carbocycles. The molecule has 2 heteroatoms. The van der Waals surface area contributed by atoms with Crippen LogP contribution in [0.2, 0.25) is 0 Å². The van der Waals surface area contributed by atoms with Gasteiger partial charge in [0.15, 0.2) is 0 Å². The van der Waals surface area contributed by atoms with Gasteiger partial charge in [-0.05, 0) is 29.7 Å². The Hall–Kier alpha value is -1.96. The van der Waals surface area contributed by atoms with Gasteiger partial charge in [0.05, 0.1) is 0 Å². The van der Waals surface area contributed by atoms with Gasteiger partial charge in [0.1, 0.15) is 18.1 Å². The topological polar surface area (TPSA) is 29.5 Å². The summed E-state index contributed by atoms with van der Waals surface area (Å²) in [4.78, 5) is 0. The van der Waals surface area contributed by atoms with Crippen molar-refractivity contribution in [3.63, 3.8) is 0 Å². The van der Waals surface area contributed by atoms with Gasteiger partial charge in [-0.3, -0.25) is 0 Å². The predicted molar refractivity (Wildman–Crippen MR) is 68.3 cm³/mol. The summed E-state index contributed by atoms with van der Waals surface area (Å²) in [5, 5.41) is 9.31. The zero-order valence-electron chi connectivity index (χ0n) is 9.89. The SMILES string of the molecule is CCc1cccc(COc2cccc(O)c2)c1. The Kier molecular flexibility index (Phi) is 3.66. The van der Waals surface area contributed by atoms with E-state index in [1.807, 2.05) is 18.2 Å². The Bertz CT molecular complexity index is 492. The second-order valence-corrected chi connectivity index (χ2v) is 3.96. The van der Waals surface area contributed by atoms with Crippen molar-refractivity contribution in [3.8, 4) is 11.5 Å². The number of hydrogen-bond donors (Lipinski definition) is 1. The highest BCUT2D eigenvalue weighted by atomic mass is 16.5. The maximum absolute atomic E-state index is 9.31. The van der Waals surface area contributed by atoms with Crippen LogP contribution in [0.15, 0.2) is 48.5 Å². The summed E-state index contributed by atoms with van der Waals surface area (Å²) in [5.41, 5.74) is 2.45. The van der Waals surface area contributed by atoms with Crippen LogP contribution in [0.25, 0.3) is 0 Å². The van der Waals surface area contributed by atoms with Crippen LogP contribution in [0.3, 0.4) is 0 Å². The third-order valence-corrected chi connectivity index (χ3v) is 2.62. The highest BCUT2D eigenvalue weighted by molar-refractivity contribution is 5.32. The minimum atomic E-state index is 0.227. The van der Waals surface area contributed by atoms with Crippen LogP contribution in [-0.2, 0) is 13.0 Å². The van der Waals surface area contributed by atoms with E-state index >= 15 is 0 Å². The summed E-state index contributed by atoms with van der Waals surface area (Å²) < 4.78 is 5.61. The van der Waals surface area contributed by atoms with Gasteiger partial charge in [-0.2, -0.15) is 0 Å². The average molecular weight is 228 g/mol. The molecule has 0 atom stereocenters. The molecule has 17 heavy (non-hydrogen) atoms. The van der Waals surface area contributed by atoms with Crippen LogP contribution in [0.4, 0.5) is 0 Å². The molecule has 0 radical (unpaired) electrons. The van der Waals surface area contributed by atoms with Crippen LogP contribution < -0.4 is 4.74 Å². The summed E-state index contributed by atoms with van der Waals surface area (Å²) in [6.45, 7) is 2.66. The molecular formula is C15H16O2. The van der Waals surface area contributed by atoms with E-state index in [-0.39, 0.29) is 5.75 Å². The fourth-order valence-electron chi connectivity index (χ4n) is 1.68. The lowest BCUT2D eigenvalue weighted by atomic mass is 10.1. The average Bonchev–Trinajstić information content (AvgIpc) is 2.37. The van der Waals surface area contributed by atoms with Crippen molar-refractivity contribution in [1.29, 1.82) is 0 Å². The lowest BCUT2D eigenvalue weighted by molar-refractivity contribution is 0.304. The van der Waals surface area contributed by atoms with Crippen molar-refractivity contribution in [2.24, 2.45) is 0 Å². The number of hydrogen-bond acceptors (Lipinski definition) is 2. The van der Waals surface area contributed by atoms with Gasteiger partial charge >= 0.3 is 0 Å². The molecule has 0 unspecified atom stereocenters. The largest absolute Gasteiger partial charge is 0.508 e. The third kappa shape index (κ3) is 3.25. The second-order valence-electron chi connectivity index (χ2n) is 3.96. The van der Waals surface area contributed by atoms with Crippen LogP contribution in [0.5, 0.6) is 11.5 Å². The second kappa shape index (κ2) is 5.39. The highest BCUT2D eigenvalue weighted by Gasteiger charge is 1.98. The van der Waals surface area contributed by atoms with Crippen LogP contribution >= 0.6 is 0 Å². The molecule has 2 aromatic rings. The van der Waals surface area contributed by atoms with E-state index < -0.39 is 0 Å². The summed E-state index contributed by atoms with van der Waals surface area (Å²) in [5.74, 6) is 0.914. The number of phenols is 1. The van der Waals surface area contributed by atoms with Crippen molar-refractivity contribution in [1.82, 2.24) is 0 Å². The van der Waals surface area contributed by atoms with E-state index in [1.54, 1.807) is 18.2 Å². The van der Waals surface area contributed by atoms with Gasteiger partial charge in [-0.25, -0.2) is 0 Å². The van der Waals surface area contributed by atoms with E-state index in [0.29, 0.717) is 12.4 Å². The number of benzene rings is 2. The zero-order valence-corrected chi connectivity index (χ0v) is 9.89. The zero-order chi connectivity index (χ0) is 12.1. The first kappa shape index (κ1) is 11.5. The molecule has 0 aromatic heterocycles. The number of aryl methyl sites for hydroxylation is 1. The van der Waals surface area contributed by atoms with Crippen LogP contribution in [-0.4, -0.2) is 5.11 Å². The summed E-state index contributed by atoms with van der Waals surface area (Å²) >= 11 is 0. The molecular weight excluding hydrogens is 212 g/mol. The predicted octanol–water partition coefficient (Wildman–Crippen LogP) is 3.53. The number of rotatable bonds is 4. The van der Waals surface area contributed by atoms with E-state index in [2.05, 4.69) is 19.1 Å². The Labute approximate surface area is 101 Å². The summed E-state index contributed by atoms with van der Waals surface area (Å²) in [6.07, 6.45) is 1.03. The van der Waals surface area contributed by atoms with Gasteiger partial charge in [0, 0.05) is 6.07 Å². The van der Waals surface area contributed by atoms with E-state index in [1.165, 1.54) is 5.56 Å². The number of phenolic OH excluding ortho intramolecular Hbond substituents is 1. The smallest absolute Gasteiger partial charge is 0.123 e. The van der Waals surface area contributed by atoms with Crippen molar-refractivity contribution in [2.75, 3.05) is 0 Å². The Balaban J connectivity index is 2.02. The van der Waals surface area contributed by atoms with Crippen molar-refractivity contribution in [3.05, 3.63) is 59.7 Å². The van der Waals surface area contributed by atoms with Gasteiger partial charge in [-0.15, -0.1) is 0 Å². The van der Waals surface area contributed by atoms with E-state index in [4.69, 9.17) is 4.74 Å². The molecule has 0 fully saturated rings. The lowest BCUT2D eigenvalue weighted by Crippen LogP contribution is -1.96. The Morgan fingerprint density at radius 1 is 1.00 bits per heavy atom. The molecule has 0 aliphatic heterocycles. The summed E-state index contributed by atoms with van der Waals surface area (Å²) in [6, 6.07) is 15.2. The fourth-order valence-corrected chi connectivity index (χ4v) is 1.68. The van der Waals surface area contributed by atoms with Crippen molar-refractivity contribution in [2.45, 2.75) is 20.0 Å².